The number of amides is 1. The number of carbonyl (C=O) groups excluding carboxylic acids is 1. The van der Waals surface area contributed by atoms with Crippen molar-refractivity contribution in [3.63, 3.8) is 0 Å². The molecule has 4 nitrogen and oxygen atoms in total. The van der Waals surface area contributed by atoms with Gasteiger partial charge in [-0.05, 0) is 42.7 Å². The molecule has 1 saturated heterocycles. The molecule has 1 aliphatic heterocycles. The summed E-state index contributed by atoms with van der Waals surface area (Å²) in [7, 11) is 0. The number of H-pyrrole nitrogens is 1. The number of likely N-dealkylation sites (tertiary alicyclic amines) is 1. The molecule has 134 valence electrons. The number of carbonyl (C=O) groups is 1. The molecule has 1 amide bonds. The van der Waals surface area contributed by atoms with Gasteiger partial charge in [0.2, 0.25) is 0 Å². The van der Waals surface area contributed by atoms with E-state index in [-0.39, 0.29) is 5.91 Å². The second-order valence-electron chi connectivity index (χ2n) is 6.72. The van der Waals surface area contributed by atoms with Gasteiger partial charge in [-0.15, -0.1) is 0 Å². The number of aromatic nitrogens is 1. The van der Waals surface area contributed by atoms with Crippen molar-refractivity contribution in [2.24, 2.45) is 0 Å². The molecule has 6 heteroatoms. The molecule has 0 saturated carbocycles. The van der Waals surface area contributed by atoms with Crippen LogP contribution in [0.25, 0.3) is 10.9 Å². The number of hydrogen-bond acceptors (Lipinski definition) is 2. The van der Waals surface area contributed by atoms with Crippen LogP contribution in [0.3, 0.4) is 0 Å². The Bertz CT molecular complexity index is 960. The van der Waals surface area contributed by atoms with E-state index in [1.807, 2.05) is 41.3 Å². The molecule has 26 heavy (non-hydrogen) atoms. The Balaban J connectivity index is 1.52. The Morgan fingerprint density at radius 1 is 1.15 bits per heavy atom. The average Bonchev–Trinajstić information content (AvgIpc) is 3.05. The number of halogens is 2. The summed E-state index contributed by atoms with van der Waals surface area (Å²) in [6.45, 7) is 1.04. The van der Waals surface area contributed by atoms with E-state index in [0.717, 1.165) is 20.9 Å². The van der Waals surface area contributed by atoms with E-state index in [2.05, 4.69) is 20.9 Å². The highest BCUT2D eigenvalue weighted by Crippen LogP contribution is 2.34. The number of nitrogens with zero attached hydrogens (tertiary/aromatic N) is 1. The van der Waals surface area contributed by atoms with Crippen LogP contribution in [0.15, 0.2) is 53.1 Å². The molecule has 0 aliphatic carbocycles. The molecular formula is C20H18BrClN2O2. The van der Waals surface area contributed by atoms with Gasteiger partial charge >= 0.3 is 0 Å². The summed E-state index contributed by atoms with van der Waals surface area (Å²) in [5.74, 6) is -0.0172. The zero-order valence-electron chi connectivity index (χ0n) is 14.0. The smallest absolute Gasteiger partial charge is 0.256 e. The van der Waals surface area contributed by atoms with Crippen LogP contribution in [0, 0.1) is 0 Å². The van der Waals surface area contributed by atoms with Crippen LogP contribution in [-0.2, 0) is 5.60 Å². The van der Waals surface area contributed by atoms with Gasteiger partial charge in [-0.3, -0.25) is 4.79 Å². The molecule has 0 unspecified atom stereocenters. The first-order valence-electron chi connectivity index (χ1n) is 8.51. The highest BCUT2D eigenvalue weighted by atomic mass is 79.9. The maximum Gasteiger partial charge on any atom is 0.256 e. The van der Waals surface area contributed by atoms with Crippen molar-refractivity contribution in [3.05, 3.63) is 69.3 Å². The molecule has 0 spiro atoms. The fourth-order valence-corrected chi connectivity index (χ4v) is 4.01. The van der Waals surface area contributed by atoms with Gasteiger partial charge in [0.15, 0.2) is 0 Å². The summed E-state index contributed by atoms with van der Waals surface area (Å²) >= 11 is 9.43. The third-order valence-corrected chi connectivity index (χ3v) is 5.90. The molecule has 1 aromatic heterocycles. The lowest BCUT2D eigenvalue weighted by Crippen LogP contribution is -2.45. The highest BCUT2D eigenvalue weighted by Gasteiger charge is 2.36. The van der Waals surface area contributed by atoms with Crippen molar-refractivity contribution >= 4 is 44.3 Å². The number of fused-ring (bicyclic) bond motifs is 1. The number of rotatable bonds is 2. The van der Waals surface area contributed by atoms with Crippen molar-refractivity contribution < 1.29 is 9.90 Å². The topological polar surface area (TPSA) is 56.3 Å². The molecular weight excluding hydrogens is 416 g/mol. The largest absolute Gasteiger partial charge is 0.385 e. The number of benzene rings is 2. The fraction of sp³-hybridized carbons (Fsp3) is 0.250. The van der Waals surface area contributed by atoms with E-state index in [1.54, 1.807) is 12.3 Å². The lowest BCUT2D eigenvalue weighted by Gasteiger charge is -2.38. The fourth-order valence-electron chi connectivity index (χ4n) is 3.57. The van der Waals surface area contributed by atoms with Crippen molar-refractivity contribution in [1.82, 2.24) is 9.88 Å². The van der Waals surface area contributed by atoms with Gasteiger partial charge in [-0.25, -0.2) is 0 Å². The van der Waals surface area contributed by atoms with Gasteiger partial charge < -0.3 is 15.0 Å². The summed E-state index contributed by atoms with van der Waals surface area (Å²) < 4.78 is 0.983. The molecule has 0 radical (unpaired) electrons. The molecule has 4 rings (SSSR count). The van der Waals surface area contributed by atoms with Crippen LogP contribution in [0.5, 0.6) is 0 Å². The van der Waals surface area contributed by atoms with Crippen molar-refractivity contribution in [3.8, 4) is 0 Å². The number of hydrogen-bond donors (Lipinski definition) is 2. The Hall–Kier alpha value is -1.82. The molecule has 0 atom stereocenters. The quantitative estimate of drug-likeness (QED) is 0.615. The van der Waals surface area contributed by atoms with Gasteiger partial charge in [0.25, 0.3) is 5.91 Å². The third kappa shape index (κ3) is 3.15. The lowest BCUT2D eigenvalue weighted by atomic mass is 9.84. The average molecular weight is 434 g/mol. The van der Waals surface area contributed by atoms with E-state index in [4.69, 9.17) is 11.6 Å². The first kappa shape index (κ1) is 17.6. The Kier molecular flexibility index (Phi) is 4.55. The molecule has 2 aromatic carbocycles. The van der Waals surface area contributed by atoms with Crippen LogP contribution < -0.4 is 0 Å². The van der Waals surface area contributed by atoms with Crippen molar-refractivity contribution in [2.45, 2.75) is 18.4 Å². The highest BCUT2D eigenvalue weighted by molar-refractivity contribution is 9.10. The number of nitrogens with one attached hydrogen (secondary N) is 1. The molecule has 2 heterocycles. The van der Waals surface area contributed by atoms with Gasteiger partial charge in [-0.1, -0.05) is 45.7 Å². The maximum atomic E-state index is 12.9. The van der Waals surface area contributed by atoms with Crippen molar-refractivity contribution in [1.29, 1.82) is 0 Å². The van der Waals surface area contributed by atoms with Crippen molar-refractivity contribution in [2.75, 3.05) is 13.1 Å². The zero-order chi connectivity index (χ0) is 18.3. The summed E-state index contributed by atoms with van der Waals surface area (Å²) in [6, 6.07) is 13.2. The first-order chi connectivity index (χ1) is 12.5. The van der Waals surface area contributed by atoms with Crippen LogP contribution in [0.1, 0.15) is 28.8 Å². The number of aliphatic hydroxyl groups is 1. The van der Waals surface area contributed by atoms with E-state index in [9.17, 15) is 9.90 Å². The monoisotopic (exact) mass is 432 g/mol. The molecule has 1 aliphatic rings. The van der Waals surface area contributed by atoms with E-state index in [0.29, 0.717) is 36.5 Å². The zero-order valence-corrected chi connectivity index (χ0v) is 16.3. The van der Waals surface area contributed by atoms with Crippen LogP contribution >= 0.6 is 27.5 Å². The summed E-state index contributed by atoms with van der Waals surface area (Å²) in [5, 5.41) is 12.5. The van der Waals surface area contributed by atoms with Crippen LogP contribution in [0.2, 0.25) is 5.02 Å². The number of piperidine rings is 1. The lowest BCUT2D eigenvalue weighted by molar-refractivity contribution is -0.0211. The first-order valence-corrected chi connectivity index (χ1v) is 9.68. The van der Waals surface area contributed by atoms with E-state index < -0.39 is 5.60 Å². The molecule has 0 bridgehead atoms. The number of aromatic amines is 1. The SMILES string of the molecule is O=C(c1c[nH]c2cc(Cl)ccc12)N1CCC(O)(c2ccc(Br)cc2)CC1. The van der Waals surface area contributed by atoms with Crippen LogP contribution in [-0.4, -0.2) is 34.0 Å². The second-order valence-corrected chi connectivity index (χ2v) is 8.08. The Morgan fingerprint density at radius 2 is 1.85 bits per heavy atom. The van der Waals surface area contributed by atoms with E-state index >= 15 is 0 Å². The van der Waals surface area contributed by atoms with Crippen LogP contribution in [0.4, 0.5) is 0 Å². The predicted octanol–water partition coefficient (Wildman–Crippen LogP) is 4.71. The van der Waals surface area contributed by atoms with Gasteiger partial charge in [0, 0.05) is 39.7 Å². The predicted molar refractivity (Wildman–Crippen MR) is 106 cm³/mol. The summed E-state index contributed by atoms with van der Waals surface area (Å²) in [5.41, 5.74) is 1.51. The maximum absolute atomic E-state index is 12.9. The normalized spacial score (nSPS) is 16.8. The summed E-state index contributed by atoms with van der Waals surface area (Å²) in [6.07, 6.45) is 2.78. The Morgan fingerprint density at radius 3 is 2.54 bits per heavy atom. The second kappa shape index (κ2) is 6.72. The summed E-state index contributed by atoms with van der Waals surface area (Å²) in [4.78, 5) is 17.9. The minimum atomic E-state index is -0.884. The van der Waals surface area contributed by atoms with Gasteiger partial charge in [-0.2, -0.15) is 0 Å². The van der Waals surface area contributed by atoms with E-state index in [1.165, 1.54) is 0 Å². The minimum Gasteiger partial charge on any atom is -0.385 e. The van der Waals surface area contributed by atoms with Gasteiger partial charge in [0.05, 0.1) is 11.2 Å². The Labute approximate surface area is 164 Å². The third-order valence-electron chi connectivity index (χ3n) is 5.13. The standard InChI is InChI=1S/C20H18BrClN2O2/c21-14-3-1-13(2-4-14)20(26)7-9-24(10-8-20)19(25)17-12-23-18-11-15(22)5-6-16(17)18/h1-6,11-12,23,26H,7-10H2. The molecule has 1 fully saturated rings. The minimum absolute atomic E-state index is 0.0172. The molecule has 3 aromatic rings. The van der Waals surface area contributed by atoms with Gasteiger partial charge in [0.1, 0.15) is 0 Å². The molecule has 2 N–H and O–H groups in total.